The third-order valence-electron chi connectivity index (χ3n) is 5.02. The Balaban J connectivity index is 1.81. The SMILES string of the molecule is CCOc1ccc(Cc2cc([C@@H]3O[C@H](COC(C)=O)C(=O)[C@H](O)[C@@H]3O)ccc2Cl)cc1. The highest BCUT2D eigenvalue weighted by Crippen LogP contribution is 2.33. The predicted molar refractivity (Wildman–Crippen MR) is 113 cm³/mol. The number of rotatable bonds is 7. The Bertz CT molecular complexity index is 928. The van der Waals surface area contributed by atoms with Crippen LogP contribution >= 0.6 is 11.6 Å². The molecule has 1 aliphatic heterocycles. The number of Topliss-reactive ketones (excluding diaryl/α,β-unsaturated/α-hetero) is 1. The van der Waals surface area contributed by atoms with Crippen LogP contribution in [0.1, 0.15) is 36.6 Å². The Labute approximate surface area is 185 Å². The van der Waals surface area contributed by atoms with Gasteiger partial charge >= 0.3 is 5.97 Å². The molecule has 1 fully saturated rings. The molecular formula is C23H25ClO7. The summed E-state index contributed by atoms with van der Waals surface area (Å²) in [6.45, 7) is 3.38. The van der Waals surface area contributed by atoms with E-state index in [-0.39, 0.29) is 6.61 Å². The molecule has 2 aromatic carbocycles. The van der Waals surface area contributed by atoms with E-state index < -0.39 is 36.2 Å². The van der Waals surface area contributed by atoms with Crippen LogP contribution in [0.4, 0.5) is 0 Å². The molecule has 0 saturated carbocycles. The molecule has 7 nitrogen and oxygen atoms in total. The highest BCUT2D eigenvalue weighted by Gasteiger charge is 2.44. The van der Waals surface area contributed by atoms with Crippen molar-refractivity contribution in [3.8, 4) is 5.75 Å². The topological polar surface area (TPSA) is 102 Å². The van der Waals surface area contributed by atoms with E-state index in [0.29, 0.717) is 23.6 Å². The zero-order valence-electron chi connectivity index (χ0n) is 17.3. The molecule has 31 heavy (non-hydrogen) atoms. The summed E-state index contributed by atoms with van der Waals surface area (Å²) in [5.41, 5.74) is 2.36. The van der Waals surface area contributed by atoms with E-state index in [9.17, 15) is 19.8 Å². The maximum atomic E-state index is 12.2. The summed E-state index contributed by atoms with van der Waals surface area (Å²) in [5, 5.41) is 21.2. The minimum atomic E-state index is -1.65. The molecule has 0 aliphatic carbocycles. The van der Waals surface area contributed by atoms with Gasteiger partial charge in [-0.3, -0.25) is 9.59 Å². The van der Waals surface area contributed by atoms with Crippen molar-refractivity contribution in [3.63, 3.8) is 0 Å². The fourth-order valence-corrected chi connectivity index (χ4v) is 3.62. The Hall–Kier alpha value is -2.45. The number of halogens is 1. The maximum Gasteiger partial charge on any atom is 0.302 e. The van der Waals surface area contributed by atoms with Gasteiger partial charge < -0.3 is 24.4 Å². The first-order valence-electron chi connectivity index (χ1n) is 9.99. The fraction of sp³-hybridized carbons (Fsp3) is 0.391. The molecule has 0 spiro atoms. The van der Waals surface area contributed by atoms with Crippen molar-refractivity contribution in [1.29, 1.82) is 0 Å². The van der Waals surface area contributed by atoms with Crippen molar-refractivity contribution in [2.24, 2.45) is 0 Å². The molecule has 8 heteroatoms. The summed E-state index contributed by atoms with van der Waals surface area (Å²) < 4.78 is 16.0. The lowest BCUT2D eigenvalue weighted by molar-refractivity contribution is -0.191. The molecule has 0 unspecified atom stereocenters. The summed E-state index contributed by atoms with van der Waals surface area (Å²) in [4.78, 5) is 23.3. The van der Waals surface area contributed by atoms with Crippen molar-refractivity contribution in [3.05, 3.63) is 64.2 Å². The number of ketones is 1. The molecule has 2 aromatic rings. The first-order chi connectivity index (χ1) is 14.8. The highest BCUT2D eigenvalue weighted by molar-refractivity contribution is 6.31. The molecule has 166 valence electrons. The lowest BCUT2D eigenvalue weighted by atomic mass is 9.91. The number of esters is 1. The molecule has 0 amide bonds. The van der Waals surface area contributed by atoms with E-state index >= 15 is 0 Å². The minimum absolute atomic E-state index is 0.332. The molecule has 2 N–H and O–H groups in total. The molecule has 0 aromatic heterocycles. The van der Waals surface area contributed by atoms with E-state index in [0.717, 1.165) is 16.9 Å². The Morgan fingerprint density at radius 2 is 1.87 bits per heavy atom. The van der Waals surface area contributed by atoms with Gasteiger partial charge in [-0.1, -0.05) is 35.9 Å². The van der Waals surface area contributed by atoms with Crippen molar-refractivity contribution < 1.29 is 34.0 Å². The normalized spacial score (nSPS) is 23.5. The van der Waals surface area contributed by atoms with E-state index in [1.807, 2.05) is 31.2 Å². The molecular weight excluding hydrogens is 424 g/mol. The van der Waals surface area contributed by atoms with Gasteiger partial charge in [0.15, 0.2) is 11.9 Å². The minimum Gasteiger partial charge on any atom is -0.494 e. The third-order valence-corrected chi connectivity index (χ3v) is 5.39. The Kier molecular flexibility index (Phi) is 7.67. The number of hydrogen-bond acceptors (Lipinski definition) is 7. The number of hydrogen-bond donors (Lipinski definition) is 2. The van der Waals surface area contributed by atoms with E-state index in [1.54, 1.807) is 18.2 Å². The second-order valence-corrected chi connectivity index (χ2v) is 7.70. The van der Waals surface area contributed by atoms with Crippen LogP contribution in [0.5, 0.6) is 5.75 Å². The van der Waals surface area contributed by atoms with Gasteiger partial charge in [0.1, 0.15) is 30.7 Å². The lowest BCUT2D eigenvalue weighted by Crippen LogP contribution is -2.52. The van der Waals surface area contributed by atoms with Gasteiger partial charge in [-0.25, -0.2) is 0 Å². The van der Waals surface area contributed by atoms with Crippen molar-refractivity contribution >= 4 is 23.4 Å². The number of carbonyl (C=O) groups excluding carboxylic acids is 2. The first-order valence-corrected chi connectivity index (χ1v) is 10.4. The van der Waals surface area contributed by atoms with Gasteiger partial charge in [-0.05, 0) is 48.2 Å². The van der Waals surface area contributed by atoms with E-state index in [1.165, 1.54) is 6.92 Å². The number of benzene rings is 2. The molecule has 1 saturated heterocycles. The van der Waals surface area contributed by atoms with Crippen LogP contribution in [0.15, 0.2) is 42.5 Å². The zero-order chi connectivity index (χ0) is 22.5. The summed E-state index contributed by atoms with van der Waals surface area (Å²) >= 11 is 6.38. The van der Waals surface area contributed by atoms with Gasteiger partial charge in [-0.15, -0.1) is 0 Å². The van der Waals surface area contributed by atoms with Crippen LogP contribution in [0.2, 0.25) is 5.02 Å². The zero-order valence-corrected chi connectivity index (χ0v) is 18.0. The second kappa shape index (κ2) is 10.2. The van der Waals surface area contributed by atoms with Crippen LogP contribution in [-0.2, 0) is 25.5 Å². The number of aliphatic hydroxyl groups excluding tert-OH is 2. The average Bonchev–Trinajstić information content (AvgIpc) is 2.75. The van der Waals surface area contributed by atoms with E-state index in [4.69, 9.17) is 25.8 Å². The lowest BCUT2D eigenvalue weighted by Gasteiger charge is -2.36. The van der Waals surface area contributed by atoms with Crippen LogP contribution in [0.3, 0.4) is 0 Å². The molecule has 0 radical (unpaired) electrons. The smallest absolute Gasteiger partial charge is 0.302 e. The Morgan fingerprint density at radius 3 is 2.52 bits per heavy atom. The monoisotopic (exact) mass is 448 g/mol. The molecule has 1 aliphatic rings. The summed E-state index contributed by atoms with van der Waals surface area (Å²) in [7, 11) is 0. The van der Waals surface area contributed by atoms with Crippen molar-refractivity contribution in [1.82, 2.24) is 0 Å². The standard InChI is InChI=1S/C23H25ClO7/c1-3-29-17-7-4-14(5-8-17)10-16-11-15(6-9-18(16)24)23-22(28)21(27)20(26)19(31-23)12-30-13(2)25/h4-9,11,19,21-23,27-28H,3,10,12H2,1-2H3/t19-,21+,22+,23+/m1/s1. The van der Waals surface area contributed by atoms with Gasteiger partial charge in [0.05, 0.1) is 6.61 Å². The van der Waals surface area contributed by atoms with Crippen LogP contribution in [-0.4, -0.2) is 53.5 Å². The fourth-order valence-electron chi connectivity index (χ4n) is 3.44. The van der Waals surface area contributed by atoms with Gasteiger partial charge in [0.2, 0.25) is 0 Å². The van der Waals surface area contributed by atoms with Gasteiger partial charge in [-0.2, -0.15) is 0 Å². The largest absolute Gasteiger partial charge is 0.494 e. The maximum absolute atomic E-state index is 12.2. The van der Waals surface area contributed by atoms with Crippen LogP contribution in [0.25, 0.3) is 0 Å². The van der Waals surface area contributed by atoms with Crippen LogP contribution in [0, 0.1) is 0 Å². The van der Waals surface area contributed by atoms with Crippen molar-refractivity contribution in [2.75, 3.05) is 13.2 Å². The predicted octanol–water partition coefficient (Wildman–Crippen LogP) is 2.62. The number of aliphatic hydroxyl groups is 2. The second-order valence-electron chi connectivity index (χ2n) is 7.29. The molecule has 3 rings (SSSR count). The van der Waals surface area contributed by atoms with Gasteiger partial charge in [0.25, 0.3) is 0 Å². The van der Waals surface area contributed by atoms with Gasteiger partial charge in [0, 0.05) is 11.9 Å². The highest BCUT2D eigenvalue weighted by atomic mass is 35.5. The van der Waals surface area contributed by atoms with Crippen LogP contribution < -0.4 is 4.74 Å². The summed E-state index contributed by atoms with van der Waals surface area (Å²) in [5.74, 6) is -0.520. The number of ether oxygens (including phenoxy) is 3. The Morgan fingerprint density at radius 1 is 1.16 bits per heavy atom. The molecule has 0 bridgehead atoms. The quantitative estimate of drug-likeness (QED) is 0.627. The van der Waals surface area contributed by atoms with E-state index in [2.05, 4.69) is 0 Å². The summed E-state index contributed by atoms with van der Waals surface area (Å²) in [6.07, 6.45) is -4.73. The first kappa shape index (κ1) is 23.2. The average molecular weight is 449 g/mol. The number of carbonyl (C=O) groups is 2. The van der Waals surface area contributed by atoms with Crippen molar-refractivity contribution in [2.45, 2.75) is 44.7 Å². The molecule has 4 atom stereocenters. The molecule has 1 heterocycles. The third kappa shape index (κ3) is 5.62. The summed E-state index contributed by atoms with van der Waals surface area (Å²) in [6, 6.07) is 12.8.